The Morgan fingerprint density at radius 2 is 2.00 bits per heavy atom. The molecule has 0 saturated heterocycles. The van der Waals surface area contributed by atoms with Crippen LogP contribution >= 0.6 is 0 Å². The van der Waals surface area contributed by atoms with Crippen molar-refractivity contribution in [3.63, 3.8) is 0 Å². The maximum atomic E-state index is 10.0. The van der Waals surface area contributed by atoms with Gasteiger partial charge in [0.05, 0.1) is 0 Å². The third kappa shape index (κ3) is 2.52. The summed E-state index contributed by atoms with van der Waals surface area (Å²) in [7, 11) is 0. The van der Waals surface area contributed by atoms with Gasteiger partial charge in [0.15, 0.2) is 0 Å². The Morgan fingerprint density at radius 3 is 2.12 bits per heavy atom. The third-order valence-corrected chi connectivity index (χ3v) is 2.01. The zero-order valence-corrected chi connectivity index (χ0v) is 6.03. The molecule has 48 valence electrons. The molecule has 0 atom stereocenters. The first kappa shape index (κ1) is 6.36. The van der Waals surface area contributed by atoms with Gasteiger partial charge in [0.2, 0.25) is 0 Å². The summed E-state index contributed by atoms with van der Waals surface area (Å²) in [5.41, 5.74) is 0. The molecular formula is C3H7AsO4. The molecule has 0 heterocycles. The van der Waals surface area contributed by atoms with Gasteiger partial charge in [-0.2, -0.15) is 0 Å². The van der Waals surface area contributed by atoms with E-state index < -0.39 is 14.5 Å². The molecule has 0 aromatic heterocycles. The van der Waals surface area contributed by atoms with Gasteiger partial charge < -0.3 is 0 Å². The third-order valence-electron chi connectivity index (χ3n) is 0.811. The van der Waals surface area contributed by atoms with Crippen LogP contribution < -0.4 is 0 Å². The van der Waals surface area contributed by atoms with Gasteiger partial charge in [0.1, 0.15) is 0 Å². The Hall–Kier alpha value is 0.238. The van der Waals surface area contributed by atoms with Crippen LogP contribution in [0.3, 0.4) is 0 Å². The molecule has 0 spiro atoms. The fourth-order valence-corrected chi connectivity index (χ4v) is 1.62. The molecule has 0 aromatic carbocycles. The summed E-state index contributed by atoms with van der Waals surface area (Å²) >= 11 is -4.70. The Labute approximate surface area is 49.8 Å². The molecule has 0 unspecified atom stereocenters. The van der Waals surface area contributed by atoms with Crippen molar-refractivity contribution in [2.45, 2.75) is 18.9 Å². The molecule has 1 rings (SSSR count). The second-order valence-electron chi connectivity index (χ2n) is 1.80. The molecule has 0 radical (unpaired) electrons. The van der Waals surface area contributed by atoms with Gasteiger partial charge in [-0.3, -0.25) is 0 Å². The van der Waals surface area contributed by atoms with Crippen LogP contribution in [0.4, 0.5) is 0 Å². The van der Waals surface area contributed by atoms with Crippen molar-refractivity contribution >= 4 is 14.5 Å². The molecule has 1 saturated carbocycles. The van der Waals surface area contributed by atoms with Crippen LogP contribution in [0.25, 0.3) is 0 Å². The van der Waals surface area contributed by atoms with E-state index >= 15 is 0 Å². The van der Waals surface area contributed by atoms with Crippen molar-refractivity contribution < 1.29 is 15.7 Å². The number of rotatable bonds is 2. The predicted octanol–water partition coefficient (Wildman–Crippen LogP) is -0.984. The minimum absolute atomic E-state index is 0.144. The molecule has 0 amide bonds. The summed E-state index contributed by atoms with van der Waals surface area (Å²) < 4.78 is 30.6. The fourth-order valence-electron chi connectivity index (χ4n) is 0.368. The average Bonchev–Trinajstić information content (AvgIpc) is 2.12. The molecule has 1 aliphatic rings. The molecule has 0 bridgehead atoms. The van der Waals surface area contributed by atoms with Crippen LogP contribution in [0.2, 0.25) is 0 Å². The normalized spacial score (nSPS) is 21.2. The van der Waals surface area contributed by atoms with Crippen molar-refractivity contribution in [1.82, 2.24) is 0 Å². The second kappa shape index (κ2) is 1.88. The number of hydrogen-bond acceptors (Lipinski definition) is 2. The summed E-state index contributed by atoms with van der Waals surface area (Å²) in [6.07, 6.45) is 1.45. The Morgan fingerprint density at radius 1 is 1.50 bits per heavy atom. The average molecular weight is 182 g/mol. The van der Waals surface area contributed by atoms with E-state index in [1.165, 1.54) is 0 Å². The summed E-state index contributed by atoms with van der Waals surface area (Å²) in [5, 5.41) is 0. The molecule has 2 N–H and O–H groups in total. The summed E-state index contributed by atoms with van der Waals surface area (Å²) in [4.78, 5) is 0. The van der Waals surface area contributed by atoms with E-state index in [4.69, 9.17) is 8.19 Å². The monoisotopic (exact) mass is 182 g/mol. The van der Waals surface area contributed by atoms with Gasteiger partial charge in [-0.15, -0.1) is 0 Å². The van der Waals surface area contributed by atoms with Crippen molar-refractivity contribution in [1.29, 1.82) is 0 Å². The van der Waals surface area contributed by atoms with Crippen LogP contribution in [0.15, 0.2) is 0 Å². The van der Waals surface area contributed by atoms with Gasteiger partial charge in [-0.1, -0.05) is 0 Å². The van der Waals surface area contributed by atoms with Gasteiger partial charge in [0, 0.05) is 0 Å². The van der Waals surface area contributed by atoms with Crippen LogP contribution in [0.5, 0.6) is 0 Å². The van der Waals surface area contributed by atoms with E-state index in [0.29, 0.717) is 0 Å². The molecular weight excluding hydrogens is 175 g/mol. The van der Waals surface area contributed by atoms with E-state index in [1.54, 1.807) is 0 Å². The van der Waals surface area contributed by atoms with Crippen LogP contribution in [0, 0.1) is 0 Å². The van der Waals surface area contributed by atoms with E-state index in [0.717, 1.165) is 12.8 Å². The number of hydrogen-bond donors (Lipinski definition) is 2. The second-order valence-corrected chi connectivity index (χ2v) is 4.30. The van der Waals surface area contributed by atoms with Crippen LogP contribution in [0.1, 0.15) is 12.8 Å². The zero-order valence-electron chi connectivity index (χ0n) is 4.15. The fraction of sp³-hybridized carbons (Fsp3) is 1.00. The SMILES string of the molecule is O=[As](O)(O)OC1CC1. The van der Waals surface area contributed by atoms with Crippen molar-refractivity contribution in [3.05, 3.63) is 0 Å². The van der Waals surface area contributed by atoms with Crippen molar-refractivity contribution in [2.24, 2.45) is 0 Å². The van der Waals surface area contributed by atoms with E-state index in [2.05, 4.69) is 3.73 Å². The first-order valence-corrected chi connectivity index (χ1v) is 5.53. The molecule has 0 aliphatic heterocycles. The Bertz CT molecular complexity index is 123. The standard InChI is InChI=1S/C3H7AsO4/c5-4(6,7)8-3-1-2-3/h3H,1-2H2,(H2,5,6,7). The van der Waals surface area contributed by atoms with E-state index in [1.807, 2.05) is 0 Å². The summed E-state index contributed by atoms with van der Waals surface area (Å²) in [6.45, 7) is 0. The summed E-state index contributed by atoms with van der Waals surface area (Å²) in [6, 6.07) is 0. The topological polar surface area (TPSA) is 66.8 Å². The quantitative estimate of drug-likeness (QED) is 0.538. The van der Waals surface area contributed by atoms with Gasteiger partial charge in [-0.25, -0.2) is 0 Å². The zero-order chi connectivity index (χ0) is 6.20. The van der Waals surface area contributed by atoms with E-state index in [9.17, 15) is 3.74 Å². The van der Waals surface area contributed by atoms with Crippen LogP contribution in [-0.4, -0.2) is 28.8 Å². The van der Waals surface area contributed by atoms with Crippen molar-refractivity contribution in [3.8, 4) is 0 Å². The molecule has 1 aliphatic carbocycles. The van der Waals surface area contributed by atoms with Crippen molar-refractivity contribution in [2.75, 3.05) is 0 Å². The molecule has 8 heavy (non-hydrogen) atoms. The Kier molecular flexibility index (Phi) is 1.50. The minimum atomic E-state index is -4.70. The van der Waals surface area contributed by atoms with Gasteiger partial charge >= 0.3 is 49.1 Å². The molecule has 5 heteroatoms. The van der Waals surface area contributed by atoms with E-state index in [-0.39, 0.29) is 6.10 Å². The predicted molar refractivity (Wildman–Crippen MR) is 25.0 cm³/mol. The van der Waals surface area contributed by atoms with Gasteiger partial charge in [0.25, 0.3) is 0 Å². The molecule has 1 fully saturated rings. The molecule has 4 nitrogen and oxygen atoms in total. The van der Waals surface area contributed by atoms with Gasteiger partial charge in [-0.05, 0) is 0 Å². The Balaban J connectivity index is 2.26. The van der Waals surface area contributed by atoms with Crippen LogP contribution in [-0.2, 0) is 7.47 Å². The molecule has 0 aromatic rings. The summed E-state index contributed by atoms with van der Waals surface area (Å²) in [5.74, 6) is 0. The maximum absolute atomic E-state index is 10.0. The first-order valence-electron chi connectivity index (χ1n) is 2.32. The first-order chi connectivity index (χ1) is 3.58.